The third kappa shape index (κ3) is 2.16. The minimum absolute atomic E-state index is 0.0319. The van der Waals surface area contributed by atoms with Gasteiger partial charge in [0.25, 0.3) is 6.43 Å². The molecule has 0 radical (unpaired) electrons. The van der Waals surface area contributed by atoms with E-state index in [9.17, 15) is 8.78 Å². The summed E-state index contributed by atoms with van der Waals surface area (Å²) >= 11 is 0. The highest BCUT2D eigenvalue weighted by Gasteiger charge is 2.37. The number of alkyl halides is 2. The standard InChI is InChI=1S/C9H17F2N/c1-7-4-9(2,3)12(5-7)6-8(10)11/h7-8H,4-6H2,1-3H3. The van der Waals surface area contributed by atoms with E-state index in [1.54, 1.807) is 0 Å². The molecule has 1 heterocycles. The van der Waals surface area contributed by atoms with Crippen LogP contribution in [0.15, 0.2) is 0 Å². The van der Waals surface area contributed by atoms with E-state index < -0.39 is 6.43 Å². The third-order valence-corrected chi connectivity index (χ3v) is 2.59. The van der Waals surface area contributed by atoms with Gasteiger partial charge in [0.1, 0.15) is 0 Å². The van der Waals surface area contributed by atoms with E-state index in [2.05, 4.69) is 6.92 Å². The Kier molecular flexibility index (Phi) is 2.71. The predicted octanol–water partition coefficient (Wildman–Crippen LogP) is 2.37. The van der Waals surface area contributed by atoms with Crippen LogP contribution in [0.5, 0.6) is 0 Å². The molecule has 0 saturated carbocycles. The summed E-state index contributed by atoms with van der Waals surface area (Å²) < 4.78 is 24.2. The minimum atomic E-state index is -2.20. The van der Waals surface area contributed by atoms with Crippen LogP contribution in [-0.2, 0) is 0 Å². The van der Waals surface area contributed by atoms with Crippen LogP contribution in [0.25, 0.3) is 0 Å². The van der Waals surface area contributed by atoms with Gasteiger partial charge in [0.05, 0.1) is 6.54 Å². The van der Waals surface area contributed by atoms with Gasteiger partial charge in [-0.1, -0.05) is 6.92 Å². The van der Waals surface area contributed by atoms with Crippen LogP contribution in [0.2, 0.25) is 0 Å². The van der Waals surface area contributed by atoms with Crippen LogP contribution in [0.4, 0.5) is 8.78 Å². The highest BCUT2D eigenvalue weighted by atomic mass is 19.3. The average molecular weight is 177 g/mol. The second-order valence-electron chi connectivity index (χ2n) is 4.42. The fourth-order valence-electron chi connectivity index (χ4n) is 2.16. The Hall–Kier alpha value is -0.180. The number of rotatable bonds is 2. The summed E-state index contributed by atoms with van der Waals surface area (Å²) in [6.07, 6.45) is -1.17. The van der Waals surface area contributed by atoms with Gasteiger partial charge in [0, 0.05) is 12.1 Å². The van der Waals surface area contributed by atoms with Gasteiger partial charge in [-0.3, -0.25) is 4.90 Å². The molecular weight excluding hydrogens is 160 g/mol. The molecule has 1 unspecified atom stereocenters. The summed E-state index contributed by atoms with van der Waals surface area (Å²) in [5.41, 5.74) is -0.0319. The van der Waals surface area contributed by atoms with Crippen LogP contribution in [0.1, 0.15) is 27.2 Å². The van der Waals surface area contributed by atoms with Crippen molar-refractivity contribution in [2.24, 2.45) is 5.92 Å². The van der Waals surface area contributed by atoms with Gasteiger partial charge in [0.15, 0.2) is 0 Å². The number of nitrogens with zero attached hydrogens (tertiary/aromatic N) is 1. The van der Waals surface area contributed by atoms with E-state index >= 15 is 0 Å². The highest BCUT2D eigenvalue weighted by molar-refractivity contribution is 4.91. The second kappa shape index (κ2) is 3.29. The zero-order chi connectivity index (χ0) is 9.35. The smallest absolute Gasteiger partial charge is 0.251 e. The zero-order valence-corrected chi connectivity index (χ0v) is 7.98. The highest BCUT2D eigenvalue weighted by Crippen LogP contribution is 2.32. The van der Waals surface area contributed by atoms with E-state index in [1.807, 2.05) is 18.7 Å². The van der Waals surface area contributed by atoms with Crippen LogP contribution in [0, 0.1) is 5.92 Å². The van der Waals surface area contributed by atoms with E-state index in [0.717, 1.165) is 13.0 Å². The molecular formula is C9H17F2N. The molecule has 0 spiro atoms. The van der Waals surface area contributed by atoms with Gasteiger partial charge in [0.2, 0.25) is 0 Å². The lowest BCUT2D eigenvalue weighted by Gasteiger charge is -2.30. The van der Waals surface area contributed by atoms with E-state index in [0.29, 0.717) is 5.92 Å². The first-order valence-corrected chi connectivity index (χ1v) is 4.45. The first-order chi connectivity index (χ1) is 5.42. The molecule has 3 heteroatoms. The van der Waals surface area contributed by atoms with Crippen molar-refractivity contribution < 1.29 is 8.78 Å². The molecule has 1 rings (SSSR count). The first kappa shape index (κ1) is 9.90. The van der Waals surface area contributed by atoms with Crippen LogP contribution in [-0.4, -0.2) is 30.0 Å². The Bertz CT molecular complexity index is 157. The second-order valence-corrected chi connectivity index (χ2v) is 4.42. The lowest BCUT2D eigenvalue weighted by Crippen LogP contribution is -2.40. The maximum atomic E-state index is 12.1. The largest absolute Gasteiger partial charge is 0.292 e. The van der Waals surface area contributed by atoms with Crippen molar-refractivity contribution in [2.75, 3.05) is 13.1 Å². The molecule has 1 atom stereocenters. The van der Waals surface area contributed by atoms with Crippen molar-refractivity contribution in [3.63, 3.8) is 0 Å². The molecule has 0 aromatic carbocycles. The van der Waals surface area contributed by atoms with Crippen LogP contribution < -0.4 is 0 Å². The molecule has 0 aromatic rings. The Morgan fingerprint density at radius 3 is 2.42 bits per heavy atom. The Morgan fingerprint density at radius 2 is 2.08 bits per heavy atom. The lowest BCUT2D eigenvalue weighted by atomic mass is 9.98. The molecule has 0 aliphatic carbocycles. The van der Waals surface area contributed by atoms with E-state index in [-0.39, 0.29) is 12.1 Å². The number of likely N-dealkylation sites (tertiary alicyclic amines) is 1. The quantitative estimate of drug-likeness (QED) is 0.626. The maximum absolute atomic E-state index is 12.1. The van der Waals surface area contributed by atoms with Gasteiger partial charge in [-0.05, 0) is 26.2 Å². The van der Waals surface area contributed by atoms with Gasteiger partial charge in [-0.2, -0.15) is 0 Å². The molecule has 1 saturated heterocycles. The summed E-state index contributed by atoms with van der Waals surface area (Å²) in [4.78, 5) is 1.89. The minimum Gasteiger partial charge on any atom is -0.292 e. The topological polar surface area (TPSA) is 3.24 Å². The summed E-state index contributed by atoms with van der Waals surface area (Å²) in [5, 5.41) is 0. The maximum Gasteiger partial charge on any atom is 0.251 e. The van der Waals surface area contributed by atoms with Crippen molar-refractivity contribution in [1.29, 1.82) is 0 Å². The first-order valence-electron chi connectivity index (χ1n) is 4.45. The van der Waals surface area contributed by atoms with Crippen molar-refractivity contribution in [3.05, 3.63) is 0 Å². The summed E-state index contributed by atoms with van der Waals surface area (Å²) in [6.45, 7) is 6.94. The number of hydrogen-bond acceptors (Lipinski definition) is 1. The van der Waals surface area contributed by atoms with Crippen molar-refractivity contribution in [1.82, 2.24) is 4.90 Å². The van der Waals surface area contributed by atoms with Gasteiger partial charge in [-0.25, -0.2) is 8.78 Å². The predicted molar refractivity (Wildman–Crippen MR) is 45.4 cm³/mol. The number of halogens is 2. The molecule has 1 fully saturated rings. The van der Waals surface area contributed by atoms with Crippen molar-refractivity contribution in [3.8, 4) is 0 Å². The molecule has 0 amide bonds. The van der Waals surface area contributed by atoms with Crippen LogP contribution in [0.3, 0.4) is 0 Å². The van der Waals surface area contributed by atoms with Crippen molar-refractivity contribution >= 4 is 0 Å². The van der Waals surface area contributed by atoms with Gasteiger partial charge < -0.3 is 0 Å². The summed E-state index contributed by atoms with van der Waals surface area (Å²) in [5.74, 6) is 0.554. The molecule has 0 bridgehead atoms. The van der Waals surface area contributed by atoms with E-state index in [4.69, 9.17) is 0 Å². The molecule has 1 nitrogen and oxygen atoms in total. The molecule has 0 N–H and O–H groups in total. The lowest BCUT2D eigenvalue weighted by molar-refractivity contribution is 0.0577. The molecule has 12 heavy (non-hydrogen) atoms. The summed E-state index contributed by atoms with van der Waals surface area (Å²) in [7, 11) is 0. The van der Waals surface area contributed by atoms with Gasteiger partial charge >= 0.3 is 0 Å². The zero-order valence-electron chi connectivity index (χ0n) is 7.98. The molecule has 1 aliphatic rings. The van der Waals surface area contributed by atoms with Crippen LogP contribution >= 0.6 is 0 Å². The van der Waals surface area contributed by atoms with E-state index in [1.165, 1.54) is 0 Å². The molecule has 72 valence electrons. The van der Waals surface area contributed by atoms with Crippen molar-refractivity contribution in [2.45, 2.75) is 39.2 Å². The SMILES string of the molecule is CC1CN(CC(F)F)C(C)(C)C1. The molecule has 0 aromatic heterocycles. The average Bonchev–Trinajstić information content (AvgIpc) is 2.04. The fourth-order valence-corrected chi connectivity index (χ4v) is 2.16. The normalized spacial score (nSPS) is 30.0. The third-order valence-electron chi connectivity index (χ3n) is 2.59. The number of hydrogen-bond donors (Lipinski definition) is 0. The Labute approximate surface area is 72.7 Å². The monoisotopic (exact) mass is 177 g/mol. The fraction of sp³-hybridized carbons (Fsp3) is 1.00. The molecule has 1 aliphatic heterocycles. The van der Waals surface area contributed by atoms with Gasteiger partial charge in [-0.15, -0.1) is 0 Å². The Morgan fingerprint density at radius 1 is 1.50 bits per heavy atom. The summed E-state index contributed by atoms with van der Waals surface area (Å²) in [6, 6.07) is 0. The Balaban J connectivity index is 2.53.